The van der Waals surface area contributed by atoms with Crippen molar-refractivity contribution in [2.75, 3.05) is 6.54 Å². The average molecular weight is 320 g/mol. The molecule has 1 aromatic rings. The van der Waals surface area contributed by atoms with Crippen LogP contribution in [0.2, 0.25) is 0 Å². The number of aliphatic hydroxyl groups excluding tert-OH is 1. The van der Waals surface area contributed by atoms with Crippen LogP contribution >= 0.6 is 27.3 Å². The lowest BCUT2D eigenvalue weighted by Crippen LogP contribution is -2.35. The minimum absolute atomic E-state index is 0.313. The fraction of sp³-hybridized carbons (Fsp3) is 0.200. The Bertz CT molecular complexity index is 443. The van der Waals surface area contributed by atoms with Crippen LogP contribution in [0.1, 0.15) is 4.88 Å². The lowest BCUT2D eigenvalue weighted by Gasteiger charge is -2.04. The molecule has 0 unspecified atom stereocenters. The van der Waals surface area contributed by atoms with Crippen molar-refractivity contribution < 1.29 is 19.8 Å². The number of carboxylic acids is 1. The summed E-state index contributed by atoms with van der Waals surface area (Å²) >= 11 is 4.76. The Balaban J connectivity index is 2.39. The highest BCUT2D eigenvalue weighted by Crippen LogP contribution is 2.22. The average Bonchev–Trinajstić information content (AvgIpc) is 2.69. The van der Waals surface area contributed by atoms with E-state index in [1.165, 1.54) is 17.4 Å². The van der Waals surface area contributed by atoms with Crippen molar-refractivity contribution in [1.29, 1.82) is 0 Å². The highest BCUT2D eigenvalue weighted by Gasteiger charge is 2.12. The zero-order chi connectivity index (χ0) is 12.8. The van der Waals surface area contributed by atoms with Crippen molar-refractivity contribution in [3.63, 3.8) is 0 Å². The summed E-state index contributed by atoms with van der Waals surface area (Å²) in [5.41, 5.74) is 0. The van der Waals surface area contributed by atoms with Gasteiger partial charge in [0, 0.05) is 11.0 Å². The summed E-state index contributed by atoms with van der Waals surface area (Å²) < 4.78 is 0.957. The van der Waals surface area contributed by atoms with Crippen LogP contribution in [0.15, 0.2) is 22.0 Å². The van der Waals surface area contributed by atoms with Gasteiger partial charge in [-0.2, -0.15) is 0 Å². The number of carbonyl (C=O) groups excluding carboxylic acids is 1. The number of nitrogens with one attached hydrogen (secondary N) is 1. The molecule has 1 aromatic heterocycles. The Hall–Kier alpha value is -1.18. The summed E-state index contributed by atoms with van der Waals surface area (Å²) in [6, 6.07) is 3.70. The van der Waals surface area contributed by atoms with Gasteiger partial charge in [-0.1, -0.05) is 0 Å². The molecule has 0 saturated carbocycles. The number of carboxylic acid groups (broad SMARTS) is 1. The molecule has 7 heteroatoms. The van der Waals surface area contributed by atoms with Crippen LogP contribution in [0.4, 0.5) is 0 Å². The van der Waals surface area contributed by atoms with Gasteiger partial charge in [-0.05, 0) is 34.1 Å². The number of amides is 1. The van der Waals surface area contributed by atoms with E-state index in [2.05, 4.69) is 21.2 Å². The second-order valence-electron chi connectivity index (χ2n) is 3.07. The topological polar surface area (TPSA) is 86.6 Å². The van der Waals surface area contributed by atoms with Crippen LogP contribution < -0.4 is 5.32 Å². The predicted molar refractivity (Wildman–Crippen MR) is 67.7 cm³/mol. The molecule has 0 bridgehead atoms. The van der Waals surface area contributed by atoms with Crippen molar-refractivity contribution in [2.45, 2.75) is 6.10 Å². The summed E-state index contributed by atoms with van der Waals surface area (Å²) in [6.45, 7) is -0.313. The van der Waals surface area contributed by atoms with Gasteiger partial charge in [0.25, 0.3) is 0 Å². The number of hydrogen-bond acceptors (Lipinski definition) is 4. The standard InChI is InChI=1S/C10H10BrNO4S/c11-8-3-1-6(17-8)2-4-9(14)12-5-7(13)10(15)16/h1-4,7,13H,5H2,(H,12,14)(H,15,16)/b4-2+/t7-/m0/s1. The number of halogens is 1. The smallest absolute Gasteiger partial charge is 0.334 e. The second kappa shape index (κ2) is 6.53. The van der Waals surface area contributed by atoms with Gasteiger partial charge < -0.3 is 15.5 Å². The molecule has 3 N–H and O–H groups in total. The molecule has 17 heavy (non-hydrogen) atoms. The monoisotopic (exact) mass is 319 g/mol. The molecule has 92 valence electrons. The van der Waals surface area contributed by atoms with Gasteiger partial charge >= 0.3 is 5.97 Å². The molecule has 1 heterocycles. The van der Waals surface area contributed by atoms with E-state index < -0.39 is 18.0 Å². The summed E-state index contributed by atoms with van der Waals surface area (Å²) in [5, 5.41) is 19.6. The minimum Gasteiger partial charge on any atom is -0.479 e. The number of thiophene rings is 1. The Kier molecular flexibility index (Phi) is 5.33. The first-order chi connectivity index (χ1) is 7.99. The van der Waals surface area contributed by atoms with Crippen molar-refractivity contribution in [3.05, 3.63) is 26.9 Å². The molecule has 0 radical (unpaired) electrons. The summed E-state index contributed by atoms with van der Waals surface area (Å²) in [5.74, 6) is -1.81. The first kappa shape index (κ1) is 13.9. The molecule has 0 fully saturated rings. The maximum atomic E-state index is 11.2. The van der Waals surface area contributed by atoms with E-state index in [0.29, 0.717) is 0 Å². The van der Waals surface area contributed by atoms with Crippen LogP contribution in [0.5, 0.6) is 0 Å². The van der Waals surface area contributed by atoms with Gasteiger partial charge in [0.05, 0.1) is 10.3 Å². The molecule has 5 nitrogen and oxygen atoms in total. The van der Waals surface area contributed by atoms with Crippen molar-refractivity contribution in [2.24, 2.45) is 0 Å². The minimum atomic E-state index is -1.58. The van der Waals surface area contributed by atoms with Crippen LogP contribution in [-0.2, 0) is 9.59 Å². The molecule has 1 amide bonds. The number of hydrogen-bond donors (Lipinski definition) is 3. The quantitative estimate of drug-likeness (QED) is 0.709. The van der Waals surface area contributed by atoms with E-state index in [9.17, 15) is 9.59 Å². The third-order valence-electron chi connectivity index (χ3n) is 1.75. The SMILES string of the molecule is O=C(/C=C/c1ccc(Br)s1)NC[C@H](O)C(=O)O. The molecule has 0 spiro atoms. The highest BCUT2D eigenvalue weighted by atomic mass is 79.9. The number of aliphatic hydroxyl groups is 1. The van der Waals surface area contributed by atoms with Crippen LogP contribution in [0.3, 0.4) is 0 Å². The number of rotatable bonds is 5. The Labute approximate surface area is 110 Å². The molecule has 0 aliphatic rings. The second-order valence-corrected chi connectivity index (χ2v) is 5.57. The molecule has 0 aromatic carbocycles. The van der Waals surface area contributed by atoms with E-state index in [4.69, 9.17) is 10.2 Å². The maximum Gasteiger partial charge on any atom is 0.334 e. The Morgan fingerprint density at radius 3 is 2.76 bits per heavy atom. The molecule has 0 aliphatic carbocycles. The van der Waals surface area contributed by atoms with E-state index >= 15 is 0 Å². The third-order valence-corrected chi connectivity index (χ3v) is 3.34. The van der Waals surface area contributed by atoms with Crippen LogP contribution in [0, 0.1) is 0 Å². The largest absolute Gasteiger partial charge is 0.479 e. The van der Waals surface area contributed by atoms with Crippen molar-refractivity contribution in [1.82, 2.24) is 5.32 Å². The summed E-state index contributed by atoms with van der Waals surface area (Å²) in [7, 11) is 0. The van der Waals surface area contributed by atoms with Gasteiger partial charge in [0.15, 0.2) is 6.10 Å². The highest BCUT2D eigenvalue weighted by molar-refractivity contribution is 9.11. The Morgan fingerprint density at radius 2 is 2.24 bits per heavy atom. The maximum absolute atomic E-state index is 11.2. The van der Waals surface area contributed by atoms with E-state index in [0.717, 1.165) is 8.66 Å². The third kappa shape index (κ3) is 5.12. The fourth-order valence-corrected chi connectivity index (χ4v) is 2.25. The van der Waals surface area contributed by atoms with E-state index in [1.807, 2.05) is 12.1 Å². The van der Waals surface area contributed by atoms with E-state index in [-0.39, 0.29) is 6.54 Å². The molecule has 1 rings (SSSR count). The predicted octanol–water partition coefficient (Wildman–Crippen LogP) is 1.09. The number of aliphatic carboxylic acids is 1. The lowest BCUT2D eigenvalue weighted by molar-refractivity contribution is -0.146. The molecular formula is C10H10BrNO4S. The number of carbonyl (C=O) groups is 2. The zero-order valence-electron chi connectivity index (χ0n) is 8.59. The van der Waals surface area contributed by atoms with Gasteiger partial charge in [-0.25, -0.2) is 4.79 Å². The van der Waals surface area contributed by atoms with Crippen LogP contribution in [0.25, 0.3) is 6.08 Å². The Morgan fingerprint density at radius 1 is 1.53 bits per heavy atom. The lowest BCUT2D eigenvalue weighted by atomic mass is 10.3. The van der Waals surface area contributed by atoms with Crippen molar-refractivity contribution in [3.8, 4) is 0 Å². The van der Waals surface area contributed by atoms with Gasteiger partial charge in [-0.3, -0.25) is 4.79 Å². The summed E-state index contributed by atoms with van der Waals surface area (Å²) in [6.07, 6.45) is 1.31. The first-order valence-corrected chi connectivity index (χ1v) is 6.22. The van der Waals surface area contributed by atoms with E-state index in [1.54, 1.807) is 6.08 Å². The fourth-order valence-electron chi connectivity index (χ4n) is 0.919. The first-order valence-electron chi connectivity index (χ1n) is 4.61. The normalized spacial score (nSPS) is 12.6. The van der Waals surface area contributed by atoms with Crippen LogP contribution in [-0.4, -0.2) is 34.7 Å². The molecule has 1 atom stereocenters. The molecule has 0 aliphatic heterocycles. The molecule has 0 saturated heterocycles. The van der Waals surface area contributed by atoms with Gasteiger partial charge in [-0.15, -0.1) is 11.3 Å². The summed E-state index contributed by atoms with van der Waals surface area (Å²) in [4.78, 5) is 22.4. The zero-order valence-corrected chi connectivity index (χ0v) is 11.0. The van der Waals surface area contributed by atoms with Crippen molar-refractivity contribution >= 4 is 45.2 Å². The van der Waals surface area contributed by atoms with Gasteiger partial charge in [0.2, 0.25) is 5.91 Å². The van der Waals surface area contributed by atoms with Gasteiger partial charge in [0.1, 0.15) is 0 Å². The molecular weight excluding hydrogens is 310 g/mol.